The lowest BCUT2D eigenvalue weighted by Gasteiger charge is -2.05. The van der Waals surface area contributed by atoms with Gasteiger partial charge in [-0.1, -0.05) is 194 Å². The van der Waals surface area contributed by atoms with E-state index in [0.717, 1.165) is 24.5 Å². The van der Waals surface area contributed by atoms with Crippen molar-refractivity contribution < 1.29 is 0 Å². The summed E-state index contributed by atoms with van der Waals surface area (Å²) < 4.78 is 0. The standard InChI is InChI=1S/C37H70N3/c1-3-5-7-9-11-13-15-17-19-21-23-25-27-29-31-33-36-38-35-39-37(40-36)34-32-30-28-26-24-22-20-18-16-14-12-10-8-6-4-2/h3-34H2,1-2H3. The predicted octanol–water partition coefficient (Wildman–Crippen LogP) is 12.5. The average molecular weight is 557 g/mol. The molecule has 1 aromatic rings. The van der Waals surface area contributed by atoms with Gasteiger partial charge in [0.15, 0.2) is 0 Å². The van der Waals surface area contributed by atoms with E-state index in [1.807, 2.05) is 0 Å². The maximum Gasteiger partial charge on any atom is 0.201 e. The van der Waals surface area contributed by atoms with Crippen LogP contribution in [0.1, 0.15) is 218 Å². The molecule has 0 aliphatic rings. The third-order valence-electron chi connectivity index (χ3n) is 8.62. The zero-order valence-corrected chi connectivity index (χ0v) is 27.5. The fourth-order valence-electron chi connectivity index (χ4n) is 5.87. The molecule has 0 aliphatic carbocycles. The van der Waals surface area contributed by atoms with Crippen molar-refractivity contribution in [1.82, 2.24) is 15.0 Å². The molecular formula is C37H70N3. The lowest BCUT2D eigenvalue weighted by molar-refractivity contribution is 0.530. The maximum absolute atomic E-state index is 4.73. The Hall–Kier alpha value is -0.990. The summed E-state index contributed by atoms with van der Waals surface area (Å²) >= 11 is 0. The van der Waals surface area contributed by atoms with E-state index in [9.17, 15) is 0 Å². The monoisotopic (exact) mass is 557 g/mol. The molecule has 0 N–H and O–H groups in total. The number of hydrogen-bond acceptors (Lipinski definition) is 3. The van der Waals surface area contributed by atoms with Crippen LogP contribution < -0.4 is 0 Å². The zero-order valence-electron chi connectivity index (χ0n) is 27.5. The fourth-order valence-corrected chi connectivity index (χ4v) is 5.87. The largest absolute Gasteiger partial charge is 0.218 e. The quantitative estimate of drug-likeness (QED) is 0.0828. The molecule has 1 aromatic heterocycles. The van der Waals surface area contributed by atoms with Gasteiger partial charge in [0.1, 0.15) is 11.6 Å². The first-order chi connectivity index (χ1) is 19.9. The molecule has 1 heterocycles. The molecule has 0 atom stereocenters. The van der Waals surface area contributed by atoms with Crippen LogP contribution >= 0.6 is 0 Å². The fraction of sp³-hybridized carbons (Fsp3) is 0.919. The summed E-state index contributed by atoms with van der Waals surface area (Å²) in [5.74, 6) is 1.92. The second kappa shape index (κ2) is 31.0. The minimum absolute atomic E-state index is 0.959. The molecule has 1 rings (SSSR count). The Morgan fingerprint density at radius 1 is 0.325 bits per heavy atom. The van der Waals surface area contributed by atoms with E-state index in [4.69, 9.17) is 4.98 Å². The smallest absolute Gasteiger partial charge is 0.201 e. The number of unbranched alkanes of at least 4 members (excludes halogenated alkanes) is 28. The minimum Gasteiger partial charge on any atom is -0.218 e. The first-order valence-corrected chi connectivity index (χ1v) is 18.5. The minimum atomic E-state index is 0.959. The van der Waals surface area contributed by atoms with Crippen molar-refractivity contribution in [2.75, 3.05) is 0 Å². The molecule has 3 nitrogen and oxygen atoms in total. The Morgan fingerprint density at radius 2 is 0.550 bits per heavy atom. The molecule has 0 aromatic carbocycles. The van der Waals surface area contributed by atoms with Crippen LogP contribution in [0.5, 0.6) is 0 Å². The van der Waals surface area contributed by atoms with Crippen LogP contribution in [0.2, 0.25) is 0 Å². The van der Waals surface area contributed by atoms with Crippen LogP contribution in [0.4, 0.5) is 0 Å². The predicted molar refractivity (Wildman–Crippen MR) is 176 cm³/mol. The van der Waals surface area contributed by atoms with Crippen molar-refractivity contribution in [2.45, 2.75) is 219 Å². The Morgan fingerprint density at radius 3 is 0.800 bits per heavy atom. The SMILES string of the molecule is CCCCCCCCCCCCCCCCCc1n[c]nc(CCCCCCCCCCCCCCCCC)n1. The van der Waals surface area contributed by atoms with Gasteiger partial charge in [-0.15, -0.1) is 0 Å². The van der Waals surface area contributed by atoms with Crippen molar-refractivity contribution in [3.63, 3.8) is 0 Å². The number of hydrogen-bond donors (Lipinski definition) is 0. The zero-order chi connectivity index (χ0) is 28.6. The summed E-state index contributed by atoms with van der Waals surface area (Å²) in [6.45, 7) is 4.59. The van der Waals surface area contributed by atoms with Crippen LogP contribution in [-0.2, 0) is 12.8 Å². The van der Waals surface area contributed by atoms with E-state index < -0.39 is 0 Å². The maximum atomic E-state index is 4.73. The topological polar surface area (TPSA) is 38.7 Å². The van der Waals surface area contributed by atoms with Crippen molar-refractivity contribution in [1.29, 1.82) is 0 Å². The second-order valence-corrected chi connectivity index (χ2v) is 12.7. The van der Waals surface area contributed by atoms with Crippen LogP contribution in [0, 0.1) is 6.33 Å². The Kier molecular flexibility index (Phi) is 28.7. The summed E-state index contributed by atoms with van der Waals surface area (Å²) in [7, 11) is 0. The summed E-state index contributed by atoms with van der Waals surface area (Å²) in [5, 5.41) is 0. The molecule has 0 saturated carbocycles. The van der Waals surface area contributed by atoms with Gasteiger partial charge >= 0.3 is 0 Å². The van der Waals surface area contributed by atoms with Crippen LogP contribution in [0.15, 0.2) is 0 Å². The van der Waals surface area contributed by atoms with E-state index in [-0.39, 0.29) is 0 Å². The van der Waals surface area contributed by atoms with Crippen molar-refractivity contribution in [2.24, 2.45) is 0 Å². The van der Waals surface area contributed by atoms with E-state index >= 15 is 0 Å². The molecule has 0 spiro atoms. The molecule has 40 heavy (non-hydrogen) atoms. The second-order valence-electron chi connectivity index (χ2n) is 12.7. The molecule has 0 saturated heterocycles. The normalized spacial score (nSPS) is 11.4. The molecule has 233 valence electrons. The first kappa shape index (κ1) is 37.0. The molecule has 3 heteroatoms. The number of aryl methyl sites for hydroxylation is 2. The lowest BCUT2D eigenvalue weighted by atomic mass is 10.0. The third-order valence-corrected chi connectivity index (χ3v) is 8.62. The lowest BCUT2D eigenvalue weighted by Crippen LogP contribution is -2.03. The summed E-state index contributed by atoms with van der Waals surface area (Å²) in [6, 6.07) is 0. The molecule has 0 amide bonds. The number of aromatic nitrogens is 3. The van der Waals surface area contributed by atoms with Crippen molar-refractivity contribution >= 4 is 0 Å². The van der Waals surface area contributed by atoms with Gasteiger partial charge in [-0.25, -0.2) is 15.0 Å². The summed E-state index contributed by atoms with van der Waals surface area (Å²) in [4.78, 5) is 13.4. The van der Waals surface area contributed by atoms with Crippen LogP contribution in [0.25, 0.3) is 0 Å². The van der Waals surface area contributed by atoms with E-state index in [2.05, 4.69) is 30.1 Å². The highest BCUT2D eigenvalue weighted by Crippen LogP contribution is 2.15. The summed E-state index contributed by atoms with van der Waals surface area (Å²) in [5.41, 5.74) is 0. The van der Waals surface area contributed by atoms with E-state index in [0.29, 0.717) is 0 Å². The Balaban J connectivity index is 1.86. The van der Waals surface area contributed by atoms with Gasteiger partial charge in [0.25, 0.3) is 0 Å². The van der Waals surface area contributed by atoms with Gasteiger partial charge in [0.2, 0.25) is 6.33 Å². The van der Waals surface area contributed by atoms with Crippen molar-refractivity contribution in [3.05, 3.63) is 18.0 Å². The molecule has 0 aliphatic heterocycles. The summed E-state index contributed by atoms with van der Waals surface area (Å²) in [6.07, 6.45) is 47.0. The van der Waals surface area contributed by atoms with Gasteiger partial charge in [-0.3, -0.25) is 0 Å². The Bertz CT molecular complexity index is 568. The molecule has 0 fully saturated rings. The van der Waals surface area contributed by atoms with E-state index in [1.54, 1.807) is 0 Å². The molecular weight excluding hydrogens is 486 g/mol. The highest BCUT2D eigenvalue weighted by atomic mass is 15.0. The number of nitrogens with zero attached hydrogens (tertiary/aromatic N) is 3. The van der Waals surface area contributed by atoms with Crippen molar-refractivity contribution in [3.8, 4) is 0 Å². The van der Waals surface area contributed by atoms with Gasteiger partial charge in [0, 0.05) is 12.8 Å². The molecule has 1 radical (unpaired) electrons. The number of rotatable bonds is 32. The first-order valence-electron chi connectivity index (χ1n) is 18.5. The third kappa shape index (κ3) is 25.9. The highest BCUT2D eigenvalue weighted by molar-refractivity contribution is 4.90. The van der Waals surface area contributed by atoms with Gasteiger partial charge in [0.05, 0.1) is 0 Å². The molecule has 0 bridgehead atoms. The van der Waals surface area contributed by atoms with Crippen LogP contribution in [-0.4, -0.2) is 15.0 Å². The van der Waals surface area contributed by atoms with Gasteiger partial charge < -0.3 is 0 Å². The highest BCUT2D eigenvalue weighted by Gasteiger charge is 2.03. The van der Waals surface area contributed by atoms with Gasteiger partial charge in [-0.05, 0) is 12.8 Å². The van der Waals surface area contributed by atoms with Crippen LogP contribution in [0.3, 0.4) is 0 Å². The van der Waals surface area contributed by atoms with E-state index in [1.165, 1.54) is 193 Å². The average Bonchev–Trinajstić information content (AvgIpc) is 2.97. The molecule has 0 unspecified atom stereocenters. The Labute approximate surface area is 251 Å². The van der Waals surface area contributed by atoms with Gasteiger partial charge in [-0.2, -0.15) is 0 Å².